The third-order valence-corrected chi connectivity index (χ3v) is 6.45. The van der Waals surface area contributed by atoms with Crippen LogP contribution in [0.15, 0.2) is 35.2 Å². The minimum atomic E-state index is -4.67. The molecule has 0 radical (unpaired) electrons. The van der Waals surface area contributed by atoms with Gasteiger partial charge in [-0.3, -0.25) is 4.18 Å². The van der Waals surface area contributed by atoms with Crippen LogP contribution in [0.3, 0.4) is 0 Å². The number of piperidine rings is 1. The fraction of sp³-hybridized carbons (Fsp3) is 0.571. The highest BCUT2D eigenvalue weighted by Crippen LogP contribution is 2.39. The molecule has 0 saturated carbocycles. The lowest BCUT2D eigenvalue weighted by atomic mass is 9.91. The monoisotopic (exact) mass is 401 g/mol. The maximum Gasteiger partial charge on any atom is 0.393 e. The summed E-state index contributed by atoms with van der Waals surface area (Å²) in [6.07, 6.45) is -4.24. The molecule has 1 saturated heterocycles. The van der Waals surface area contributed by atoms with Crippen molar-refractivity contribution in [1.29, 1.82) is 0 Å². The quantitative estimate of drug-likeness (QED) is 0.705. The van der Waals surface area contributed by atoms with Gasteiger partial charge >= 0.3 is 6.18 Å². The predicted molar refractivity (Wildman–Crippen MR) is 83.7 cm³/mol. The summed E-state index contributed by atoms with van der Waals surface area (Å²) in [7, 11) is -8.23. The summed E-state index contributed by atoms with van der Waals surface area (Å²) < 4.78 is 93.1. The summed E-state index contributed by atoms with van der Waals surface area (Å²) in [5, 5.41) is 0. The van der Waals surface area contributed by atoms with Crippen molar-refractivity contribution >= 4 is 20.1 Å². The van der Waals surface area contributed by atoms with Gasteiger partial charge in [-0.25, -0.2) is 8.42 Å². The molecule has 2 atom stereocenters. The van der Waals surface area contributed by atoms with Crippen LogP contribution in [0.4, 0.5) is 13.2 Å². The van der Waals surface area contributed by atoms with Gasteiger partial charge in [0.25, 0.3) is 10.1 Å². The molecule has 1 aromatic rings. The molecule has 1 fully saturated rings. The van der Waals surface area contributed by atoms with Crippen molar-refractivity contribution in [1.82, 2.24) is 4.31 Å². The van der Waals surface area contributed by atoms with Gasteiger partial charge in [0.1, 0.15) is 0 Å². The number of sulfonamides is 1. The van der Waals surface area contributed by atoms with E-state index < -0.39 is 44.9 Å². The largest absolute Gasteiger partial charge is 0.393 e. The van der Waals surface area contributed by atoms with E-state index in [1.807, 2.05) is 0 Å². The van der Waals surface area contributed by atoms with E-state index in [-0.39, 0.29) is 24.3 Å². The lowest BCUT2D eigenvalue weighted by Gasteiger charge is -2.40. The second kappa shape index (κ2) is 7.22. The fourth-order valence-electron chi connectivity index (χ4n) is 2.83. The standard InChI is InChI=1S/C14H18F3NO5S2/c1-24(19,20)23-10-13-12(14(15,16)17)8-5-9-18(13)25(21,22)11-6-3-2-4-7-11/h2-4,6-7,12-13H,5,8-10H2,1H3. The Bertz CT molecular complexity index is 794. The molecule has 0 N–H and O–H groups in total. The van der Waals surface area contributed by atoms with Gasteiger partial charge in [-0.05, 0) is 25.0 Å². The SMILES string of the molecule is CS(=O)(=O)OCC1C(C(F)(F)F)CCCN1S(=O)(=O)c1ccccc1. The predicted octanol–water partition coefficient (Wildman–Crippen LogP) is 1.99. The van der Waals surface area contributed by atoms with Crippen LogP contribution >= 0.6 is 0 Å². The van der Waals surface area contributed by atoms with Crippen molar-refractivity contribution in [3.63, 3.8) is 0 Å². The molecule has 6 nitrogen and oxygen atoms in total. The van der Waals surface area contributed by atoms with Crippen LogP contribution in [-0.4, -0.2) is 52.8 Å². The summed E-state index contributed by atoms with van der Waals surface area (Å²) >= 11 is 0. The van der Waals surface area contributed by atoms with Crippen LogP contribution < -0.4 is 0 Å². The second-order valence-corrected chi connectivity index (χ2v) is 9.31. The zero-order chi connectivity index (χ0) is 18.9. The number of halogens is 3. The van der Waals surface area contributed by atoms with E-state index >= 15 is 0 Å². The first-order chi connectivity index (χ1) is 11.4. The topological polar surface area (TPSA) is 80.8 Å². The normalized spacial score (nSPS) is 23.5. The molecule has 0 aliphatic carbocycles. The minimum Gasteiger partial charge on any atom is -0.269 e. The molecule has 0 bridgehead atoms. The summed E-state index contributed by atoms with van der Waals surface area (Å²) in [6.45, 7) is -1.02. The van der Waals surface area contributed by atoms with E-state index in [9.17, 15) is 30.0 Å². The molecule has 2 unspecified atom stereocenters. The van der Waals surface area contributed by atoms with Crippen LogP contribution in [0.5, 0.6) is 0 Å². The lowest BCUT2D eigenvalue weighted by molar-refractivity contribution is -0.197. The first kappa shape index (κ1) is 20.1. The summed E-state index contributed by atoms with van der Waals surface area (Å²) in [5.74, 6) is -2.00. The Balaban J connectivity index is 2.42. The van der Waals surface area contributed by atoms with E-state index in [2.05, 4.69) is 4.18 Å². The summed E-state index contributed by atoms with van der Waals surface area (Å²) in [4.78, 5) is -0.151. The van der Waals surface area contributed by atoms with E-state index in [1.165, 1.54) is 24.3 Å². The van der Waals surface area contributed by atoms with Gasteiger partial charge in [-0.1, -0.05) is 18.2 Å². The molecular weight excluding hydrogens is 383 g/mol. The third kappa shape index (κ3) is 4.93. The highest BCUT2D eigenvalue weighted by molar-refractivity contribution is 7.89. The molecule has 0 amide bonds. The highest BCUT2D eigenvalue weighted by Gasteiger charge is 2.51. The molecule has 2 rings (SSSR count). The number of hydrogen-bond donors (Lipinski definition) is 0. The number of nitrogens with zero attached hydrogens (tertiary/aromatic N) is 1. The zero-order valence-corrected chi connectivity index (χ0v) is 14.9. The fourth-order valence-corrected chi connectivity index (χ4v) is 4.92. The molecule has 1 heterocycles. The Kier molecular flexibility index (Phi) is 5.81. The van der Waals surface area contributed by atoms with Crippen LogP contribution in [0.25, 0.3) is 0 Å². The number of benzene rings is 1. The average molecular weight is 401 g/mol. The molecule has 1 aliphatic heterocycles. The van der Waals surface area contributed by atoms with Crippen LogP contribution in [0.2, 0.25) is 0 Å². The van der Waals surface area contributed by atoms with E-state index in [4.69, 9.17) is 0 Å². The Morgan fingerprint density at radius 1 is 1.16 bits per heavy atom. The van der Waals surface area contributed by atoms with Gasteiger partial charge in [0, 0.05) is 6.54 Å². The number of rotatable bonds is 5. The van der Waals surface area contributed by atoms with Gasteiger partial charge in [0.05, 0.1) is 29.7 Å². The zero-order valence-electron chi connectivity index (χ0n) is 13.3. The molecular formula is C14H18F3NO5S2. The van der Waals surface area contributed by atoms with Crippen molar-refractivity contribution in [2.75, 3.05) is 19.4 Å². The average Bonchev–Trinajstić information content (AvgIpc) is 2.51. The van der Waals surface area contributed by atoms with Crippen molar-refractivity contribution in [2.45, 2.75) is 30.0 Å². The Morgan fingerprint density at radius 2 is 1.76 bits per heavy atom. The molecule has 1 aliphatic rings. The summed E-state index contributed by atoms with van der Waals surface area (Å²) in [6, 6.07) is 5.41. The Morgan fingerprint density at radius 3 is 2.28 bits per heavy atom. The Hall–Kier alpha value is -1.17. The van der Waals surface area contributed by atoms with Crippen molar-refractivity contribution in [3.8, 4) is 0 Å². The molecule has 0 aromatic heterocycles. The van der Waals surface area contributed by atoms with E-state index in [0.29, 0.717) is 10.6 Å². The van der Waals surface area contributed by atoms with Crippen molar-refractivity contribution in [3.05, 3.63) is 30.3 Å². The van der Waals surface area contributed by atoms with Crippen LogP contribution in [0.1, 0.15) is 12.8 Å². The first-order valence-corrected chi connectivity index (χ1v) is 10.7. The van der Waals surface area contributed by atoms with Gasteiger partial charge in [-0.2, -0.15) is 25.9 Å². The van der Waals surface area contributed by atoms with Crippen LogP contribution in [-0.2, 0) is 24.3 Å². The van der Waals surface area contributed by atoms with Gasteiger partial charge in [0.2, 0.25) is 10.0 Å². The van der Waals surface area contributed by atoms with E-state index in [1.54, 1.807) is 6.07 Å². The molecule has 1 aromatic carbocycles. The Labute approximate surface area is 144 Å². The molecule has 11 heteroatoms. The smallest absolute Gasteiger partial charge is 0.269 e. The maximum atomic E-state index is 13.3. The minimum absolute atomic E-state index is 0.0195. The molecule has 142 valence electrons. The van der Waals surface area contributed by atoms with Crippen molar-refractivity contribution in [2.24, 2.45) is 5.92 Å². The van der Waals surface area contributed by atoms with Gasteiger partial charge in [-0.15, -0.1) is 0 Å². The van der Waals surface area contributed by atoms with E-state index in [0.717, 1.165) is 0 Å². The first-order valence-electron chi connectivity index (χ1n) is 7.41. The van der Waals surface area contributed by atoms with Crippen LogP contribution in [0, 0.1) is 5.92 Å². The summed E-state index contributed by atoms with van der Waals surface area (Å²) in [5.41, 5.74) is 0. The maximum absolute atomic E-state index is 13.3. The third-order valence-electron chi connectivity index (χ3n) is 3.95. The number of hydrogen-bond acceptors (Lipinski definition) is 5. The van der Waals surface area contributed by atoms with Crippen molar-refractivity contribution < 1.29 is 34.2 Å². The van der Waals surface area contributed by atoms with Gasteiger partial charge < -0.3 is 0 Å². The molecule has 0 spiro atoms. The second-order valence-electron chi connectivity index (χ2n) is 5.78. The number of alkyl halides is 3. The highest BCUT2D eigenvalue weighted by atomic mass is 32.2. The van der Waals surface area contributed by atoms with Gasteiger partial charge in [0.15, 0.2) is 0 Å². The lowest BCUT2D eigenvalue weighted by Crippen LogP contribution is -2.54. The molecule has 25 heavy (non-hydrogen) atoms.